The van der Waals surface area contributed by atoms with Crippen molar-refractivity contribution in [3.63, 3.8) is 0 Å². The molecule has 2 N–H and O–H groups in total. The van der Waals surface area contributed by atoms with Crippen LogP contribution in [0.15, 0.2) is 11.6 Å². The zero-order chi connectivity index (χ0) is 24.7. The number of aliphatic carboxylic acids is 1. The van der Waals surface area contributed by atoms with Gasteiger partial charge in [0.25, 0.3) is 0 Å². The van der Waals surface area contributed by atoms with E-state index < -0.39 is 12.0 Å². The third-order valence-corrected chi connectivity index (χ3v) is 6.73. The largest absolute Gasteiger partial charge is 0.478 e. The summed E-state index contributed by atoms with van der Waals surface area (Å²) in [7, 11) is 1.69. The van der Waals surface area contributed by atoms with Crippen LogP contribution in [0.5, 0.6) is 0 Å². The predicted molar refractivity (Wildman–Crippen MR) is 128 cm³/mol. The van der Waals surface area contributed by atoms with Crippen LogP contribution in [0, 0.1) is 17.8 Å². The number of likely N-dealkylation sites (N-methyl/N-ethyl adjacent to an activating group) is 1. The van der Waals surface area contributed by atoms with Gasteiger partial charge in [0.2, 0.25) is 11.8 Å². The molecule has 4 atom stereocenters. The molecule has 0 aromatic rings. The summed E-state index contributed by atoms with van der Waals surface area (Å²) < 4.78 is 0. The summed E-state index contributed by atoms with van der Waals surface area (Å²) in [6.07, 6.45) is 4.55. The van der Waals surface area contributed by atoms with E-state index in [-0.39, 0.29) is 47.3 Å². The highest BCUT2D eigenvalue weighted by atomic mass is 16.4. The van der Waals surface area contributed by atoms with Crippen LogP contribution in [0.3, 0.4) is 0 Å². The van der Waals surface area contributed by atoms with E-state index in [0.29, 0.717) is 5.92 Å². The minimum absolute atomic E-state index is 0.0301. The number of nitrogens with one attached hydrogen (secondary N) is 1. The molecule has 0 aliphatic carbocycles. The van der Waals surface area contributed by atoms with E-state index in [0.717, 1.165) is 25.8 Å². The van der Waals surface area contributed by atoms with E-state index >= 15 is 0 Å². The minimum atomic E-state index is -0.998. The molecule has 1 aliphatic rings. The lowest BCUT2D eigenvalue weighted by molar-refractivity contribution is -0.140. The van der Waals surface area contributed by atoms with Gasteiger partial charge in [0.1, 0.15) is 6.04 Å². The molecule has 1 aliphatic heterocycles. The number of carboxylic acids is 1. The number of nitrogens with zero attached hydrogens (tertiary/aromatic N) is 2. The Morgan fingerprint density at radius 3 is 2.12 bits per heavy atom. The average molecular weight is 452 g/mol. The van der Waals surface area contributed by atoms with Gasteiger partial charge in [-0.05, 0) is 51.4 Å². The summed E-state index contributed by atoms with van der Waals surface area (Å²) in [6, 6.07) is -1.01. The van der Waals surface area contributed by atoms with E-state index in [9.17, 15) is 19.5 Å². The van der Waals surface area contributed by atoms with Crippen LogP contribution in [0.1, 0.15) is 74.7 Å². The Labute approximate surface area is 194 Å². The fourth-order valence-electron chi connectivity index (χ4n) is 4.47. The second-order valence-corrected chi connectivity index (χ2v) is 10.2. The van der Waals surface area contributed by atoms with Crippen molar-refractivity contribution in [3.8, 4) is 0 Å². The van der Waals surface area contributed by atoms with Gasteiger partial charge in [-0.2, -0.15) is 0 Å². The molecule has 0 radical (unpaired) electrons. The van der Waals surface area contributed by atoms with Crippen molar-refractivity contribution in [3.05, 3.63) is 11.6 Å². The summed E-state index contributed by atoms with van der Waals surface area (Å²) in [5.74, 6) is -0.743. The van der Waals surface area contributed by atoms with E-state index in [1.807, 2.05) is 27.7 Å². The number of carbonyl (C=O) groups excluding carboxylic acids is 2. The number of amides is 2. The van der Waals surface area contributed by atoms with Crippen LogP contribution in [-0.2, 0) is 14.4 Å². The molecule has 1 heterocycles. The van der Waals surface area contributed by atoms with Crippen LogP contribution < -0.4 is 5.32 Å². The predicted octanol–water partition coefficient (Wildman–Crippen LogP) is 3.54. The Morgan fingerprint density at radius 2 is 1.69 bits per heavy atom. The lowest BCUT2D eigenvalue weighted by Crippen LogP contribution is -2.59. The monoisotopic (exact) mass is 451 g/mol. The molecule has 7 nitrogen and oxygen atoms in total. The quantitative estimate of drug-likeness (QED) is 0.496. The maximum Gasteiger partial charge on any atom is 0.331 e. The van der Waals surface area contributed by atoms with E-state index in [1.54, 1.807) is 18.0 Å². The smallest absolute Gasteiger partial charge is 0.331 e. The van der Waals surface area contributed by atoms with Gasteiger partial charge < -0.3 is 15.3 Å². The van der Waals surface area contributed by atoms with Crippen molar-refractivity contribution < 1.29 is 19.5 Å². The summed E-state index contributed by atoms with van der Waals surface area (Å²) >= 11 is 0. The van der Waals surface area contributed by atoms with E-state index in [1.165, 1.54) is 6.92 Å². The molecule has 0 saturated carbocycles. The first-order valence-corrected chi connectivity index (χ1v) is 12.1. The first-order valence-electron chi connectivity index (χ1n) is 12.1. The molecule has 0 aromatic carbocycles. The van der Waals surface area contributed by atoms with Crippen LogP contribution in [0.2, 0.25) is 0 Å². The van der Waals surface area contributed by atoms with Crippen LogP contribution in [-0.4, -0.2) is 70.4 Å². The molecule has 184 valence electrons. The molecular formula is C25H45N3O4. The number of hydrogen-bond acceptors (Lipinski definition) is 4. The van der Waals surface area contributed by atoms with Gasteiger partial charge in [-0.15, -0.1) is 0 Å². The van der Waals surface area contributed by atoms with Crippen LogP contribution in [0.25, 0.3) is 0 Å². The topological polar surface area (TPSA) is 90.0 Å². The number of carbonyl (C=O) groups is 3. The molecule has 0 spiro atoms. The minimum Gasteiger partial charge on any atom is -0.478 e. The zero-order valence-electron chi connectivity index (χ0n) is 21.5. The van der Waals surface area contributed by atoms with Gasteiger partial charge in [-0.3, -0.25) is 14.5 Å². The summed E-state index contributed by atoms with van der Waals surface area (Å²) in [6.45, 7) is 16.6. The van der Waals surface area contributed by atoms with Crippen molar-refractivity contribution in [2.75, 3.05) is 13.6 Å². The summed E-state index contributed by atoms with van der Waals surface area (Å²) in [5.41, 5.74) is 0.203. The highest BCUT2D eigenvalue weighted by molar-refractivity contribution is 5.90. The SMILES string of the molecule is CC[C@@H]1CCC(C(=O)N[C@H](C(=O)N(C)[C@H](C=C(C)C(=O)O)C(C)C)C(C)C)N(C(C)C)C1. The van der Waals surface area contributed by atoms with E-state index in [2.05, 4.69) is 31.0 Å². The lowest BCUT2D eigenvalue weighted by atomic mass is 9.89. The first kappa shape index (κ1) is 28.1. The molecule has 2 amide bonds. The Bertz CT molecular complexity index is 687. The maximum atomic E-state index is 13.4. The molecule has 1 fully saturated rings. The van der Waals surface area contributed by atoms with Gasteiger partial charge in [0, 0.05) is 25.2 Å². The molecule has 7 heteroatoms. The summed E-state index contributed by atoms with van der Waals surface area (Å²) in [5, 5.41) is 12.3. The van der Waals surface area contributed by atoms with Crippen molar-refractivity contribution >= 4 is 17.8 Å². The maximum absolute atomic E-state index is 13.4. The fourth-order valence-corrected chi connectivity index (χ4v) is 4.47. The number of rotatable bonds is 10. The number of carboxylic acid groups (broad SMARTS) is 1. The highest BCUT2D eigenvalue weighted by Crippen LogP contribution is 2.26. The van der Waals surface area contributed by atoms with Crippen molar-refractivity contribution in [2.24, 2.45) is 17.8 Å². The zero-order valence-corrected chi connectivity index (χ0v) is 21.5. The Hall–Kier alpha value is -1.89. The van der Waals surface area contributed by atoms with Crippen molar-refractivity contribution in [2.45, 2.75) is 98.8 Å². The molecule has 32 heavy (non-hydrogen) atoms. The van der Waals surface area contributed by atoms with Gasteiger partial charge >= 0.3 is 5.97 Å². The fraction of sp³-hybridized carbons (Fsp3) is 0.800. The van der Waals surface area contributed by atoms with Gasteiger partial charge in [-0.1, -0.05) is 47.1 Å². The number of likely N-dealkylation sites (tertiary alicyclic amines) is 1. The average Bonchev–Trinajstić information content (AvgIpc) is 2.73. The van der Waals surface area contributed by atoms with Crippen LogP contribution >= 0.6 is 0 Å². The molecule has 1 rings (SSSR count). The standard InChI is InChI=1S/C25H45N3O4/c1-10-19-11-12-20(28(14-19)17(6)7)23(29)26-22(16(4)5)24(30)27(9)21(15(2)3)13-18(8)25(31)32/h13,15-17,19-22H,10-12,14H2,1-9H3,(H,26,29)(H,31,32)/t19-,20?,21-,22+/m1/s1. The normalized spacial score (nSPS) is 22.2. The molecule has 0 bridgehead atoms. The molecule has 1 unspecified atom stereocenters. The molecule has 1 saturated heterocycles. The van der Waals surface area contributed by atoms with Gasteiger partial charge in [0.05, 0.1) is 12.1 Å². The first-order chi connectivity index (χ1) is 14.8. The second kappa shape index (κ2) is 12.4. The molecule has 0 aromatic heterocycles. The second-order valence-electron chi connectivity index (χ2n) is 10.2. The van der Waals surface area contributed by atoms with Gasteiger partial charge in [-0.25, -0.2) is 4.79 Å². The van der Waals surface area contributed by atoms with Crippen molar-refractivity contribution in [1.29, 1.82) is 0 Å². The molecular weight excluding hydrogens is 406 g/mol. The van der Waals surface area contributed by atoms with E-state index in [4.69, 9.17) is 0 Å². The summed E-state index contributed by atoms with van der Waals surface area (Å²) in [4.78, 5) is 41.9. The highest BCUT2D eigenvalue weighted by Gasteiger charge is 2.37. The Kier molecular flexibility index (Phi) is 10.9. The Morgan fingerprint density at radius 1 is 1.09 bits per heavy atom. The van der Waals surface area contributed by atoms with Crippen molar-refractivity contribution in [1.82, 2.24) is 15.1 Å². The van der Waals surface area contributed by atoms with Crippen LogP contribution in [0.4, 0.5) is 0 Å². The lowest BCUT2D eigenvalue weighted by Gasteiger charge is -2.42. The van der Waals surface area contributed by atoms with Gasteiger partial charge in [0.15, 0.2) is 0 Å². The number of piperidine rings is 1. The third kappa shape index (κ3) is 7.32. The third-order valence-electron chi connectivity index (χ3n) is 6.73. The number of hydrogen-bond donors (Lipinski definition) is 2. The Balaban J connectivity index is 3.06.